The molecule has 22 heavy (non-hydrogen) atoms. The second-order valence-corrected chi connectivity index (χ2v) is 5.40. The molecule has 8 heteroatoms. The van der Waals surface area contributed by atoms with Crippen LogP contribution >= 0.6 is 0 Å². The summed E-state index contributed by atoms with van der Waals surface area (Å²) in [6.07, 6.45) is -4.56. The molecule has 0 unspecified atom stereocenters. The highest BCUT2D eigenvalue weighted by Crippen LogP contribution is 2.35. The fraction of sp³-hybridized carbons (Fsp3) is 0.357. The third-order valence-electron chi connectivity index (χ3n) is 2.34. The molecule has 0 spiro atoms. The number of esters is 1. The summed E-state index contributed by atoms with van der Waals surface area (Å²) >= 11 is 0. The highest BCUT2D eigenvalue weighted by atomic mass is 19.4. The number of carbonyl (C=O) groups is 1. The summed E-state index contributed by atoms with van der Waals surface area (Å²) in [4.78, 5) is 21.4. The van der Waals surface area contributed by atoms with E-state index in [1.807, 2.05) is 0 Å². The molecule has 0 N–H and O–H groups in total. The molecule has 0 heterocycles. The van der Waals surface area contributed by atoms with Crippen molar-refractivity contribution in [2.45, 2.75) is 32.5 Å². The predicted molar refractivity (Wildman–Crippen MR) is 73.0 cm³/mol. The van der Waals surface area contributed by atoms with Crippen molar-refractivity contribution in [1.82, 2.24) is 0 Å². The molecular formula is C14H14F3NO4. The summed E-state index contributed by atoms with van der Waals surface area (Å²) < 4.78 is 44.1. The second kappa shape index (κ2) is 6.17. The standard InChI is InChI=1S/C14H14F3NO4/c1-13(2,3)22-12(19)8-11(14(15,16)17)9-5-4-6-10(7-9)18(20)21/h4-8H,1-3H3/b11-8+. The van der Waals surface area contributed by atoms with E-state index < -0.39 is 39.5 Å². The lowest BCUT2D eigenvalue weighted by molar-refractivity contribution is -0.384. The van der Waals surface area contributed by atoms with E-state index in [0.29, 0.717) is 6.08 Å². The van der Waals surface area contributed by atoms with Crippen LogP contribution in [0.1, 0.15) is 26.3 Å². The number of nitro benzene ring substituents is 1. The number of hydrogen-bond donors (Lipinski definition) is 0. The number of allylic oxidation sites excluding steroid dienone is 1. The molecular weight excluding hydrogens is 303 g/mol. The zero-order valence-corrected chi connectivity index (χ0v) is 12.1. The van der Waals surface area contributed by atoms with Gasteiger partial charge < -0.3 is 4.74 Å². The Morgan fingerprint density at radius 3 is 2.32 bits per heavy atom. The third-order valence-corrected chi connectivity index (χ3v) is 2.34. The first-order valence-electron chi connectivity index (χ1n) is 6.17. The maximum absolute atomic E-state index is 13.1. The molecule has 0 saturated carbocycles. The largest absolute Gasteiger partial charge is 0.457 e. The Morgan fingerprint density at radius 1 is 1.27 bits per heavy atom. The van der Waals surface area contributed by atoms with Crippen molar-refractivity contribution in [3.05, 3.63) is 46.0 Å². The first-order chi connectivity index (χ1) is 9.90. The Bertz CT molecular complexity index is 615. The van der Waals surface area contributed by atoms with Crippen LogP contribution in [0.25, 0.3) is 5.57 Å². The number of nitro groups is 1. The number of alkyl halides is 3. The van der Waals surface area contributed by atoms with Gasteiger partial charge in [-0.15, -0.1) is 0 Å². The highest BCUT2D eigenvalue weighted by Gasteiger charge is 2.36. The molecule has 0 aliphatic carbocycles. The SMILES string of the molecule is CC(C)(C)OC(=O)/C=C(\c1cccc([N+](=O)[O-])c1)C(F)(F)F. The smallest absolute Gasteiger partial charge is 0.417 e. The van der Waals surface area contributed by atoms with Gasteiger partial charge in [0.15, 0.2) is 0 Å². The molecule has 0 amide bonds. The average Bonchev–Trinajstić information content (AvgIpc) is 2.32. The van der Waals surface area contributed by atoms with E-state index in [9.17, 15) is 28.1 Å². The van der Waals surface area contributed by atoms with E-state index in [1.165, 1.54) is 20.8 Å². The van der Waals surface area contributed by atoms with Gasteiger partial charge in [-0.25, -0.2) is 4.79 Å². The summed E-state index contributed by atoms with van der Waals surface area (Å²) in [6.45, 7) is 4.54. The van der Waals surface area contributed by atoms with Gasteiger partial charge in [0.05, 0.1) is 10.5 Å². The molecule has 0 aromatic heterocycles. The monoisotopic (exact) mass is 317 g/mol. The second-order valence-electron chi connectivity index (χ2n) is 5.40. The minimum absolute atomic E-state index is 0.296. The normalized spacial score (nSPS) is 12.9. The van der Waals surface area contributed by atoms with Gasteiger partial charge in [-0.3, -0.25) is 10.1 Å². The third kappa shape index (κ3) is 5.19. The summed E-state index contributed by atoms with van der Waals surface area (Å²) in [6, 6.07) is 3.97. The fourth-order valence-electron chi connectivity index (χ4n) is 1.56. The average molecular weight is 317 g/mol. The molecule has 0 aliphatic rings. The van der Waals surface area contributed by atoms with Gasteiger partial charge in [0.2, 0.25) is 0 Å². The van der Waals surface area contributed by atoms with E-state index in [-0.39, 0.29) is 0 Å². The van der Waals surface area contributed by atoms with Gasteiger partial charge in [0.1, 0.15) is 5.60 Å². The van der Waals surface area contributed by atoms with Gasteiger partial charge in [-0.2, -0.15) is 13.2 Å². The number of benzene rings is 1. The first kappa shape index (κ1) is 17.7. The number of rotatable bonds is 3. The Labute approximate surface area is 124 Å². The van der Waals surface area contributed by atoms with Crippen molar-refractivity contribution >= 4 is 17.2 Å². The van der Waals surface area contributed by atoms with Crippen molar-refractivity contribution < 1.29 is 27.6 Å². The van der Waals surface area contributed by atoms with Gasteiger partial charge in [-0.1, -0.05) is 12.1 Å². The molecule has 120 valence electrons. The van der Waals surface area contributed by atoms with E-state index in [2.05, 4.69) is 0 Å². The molecule has 0 fully saturated rings. The van der Waals surface area contributed by atoms with Crippen LogP contribution in [0.5, 0.6) is 0 Å². The summed E-state index contributed by atoms with van der Waals surface area (Å²) in [5, 5.41) is 10.6. The molecule has 0 aliphatic heterocycles. The zero-order chi connectivity index (χ0) is 17.1. The molecule has 0 radical (unpaired) electrons. The lowest BCUT2D eigenvalue weighted by Gasteiger charge is -2.19. The van der Waals surface area contributed by atoms with Crippen molar-refractivity contribution in [3.63, 3.8) is 0 Å². The number of non-ortho nitro benzene ring substituents is 1. The number of ether oxygens (including phenoxy) is 1. The van der Waals surface area contributed by atoms with Crippen molar-refractivity contribution in [1.29, 1.82) is 0 Å². The number of halogens is 3. The van der Waals surface area contributed by atoms with Crippen LogP contribution in [0, 0.1) is 10.1 Å². The predicted octanol–water partition coefficient (Wildman–Crippen LogP) is 3.88. The lowest BCUT2D eigenvalue weighted by Crippen LogP contribution is -2.23. The molecule has 1 rings (SSSR count). The topological polar surface area (TPSA) is 69.4 Å². The van der Waals surface area contributed by atoms with E-state index in [0.717, 1.165) is 24.3 Å². The Morgan fingerprint density at radius 2 is 1.86 bits per heavy atom. The first-order valence-corrected chi connectivity index (χ1v) is 6.17. The number of nitrogens with zero attached hydrogens (tertiary/aromatic N) is 1. The highest BCUT2D eigenvalue weighted by molar-refractivity contribution is 5.93. The van der Waals surface area contributed by atoms with Gasteiger partial charge in [0, 0.05) is 18.2 Å². The Kier molecular flexibility index (Phi) is 4.95. The number of carbonyl (C=O) groups excluding carboxylic acids is 1. The molecule has 0 atom stereocenters. The van der Waals surface area contributed by atoms with Gasteiger partial charge in [0.25, 0.3) is 5.69 Å². The fourth-order valence-corrected chi connectivity index (χ4v) is 1.56. The van der Waals surface area contributed by atoms with Crippen LogP contribution in [0.2, 0.25) is 0 Å². The van der Waals surface area contributed by atoms with Crippen LogP contribution in [0.3, 0.4) is 0 Å². The van der Waals surface area contributed by atoms with Gasteiger partial charge >= 0.3 is 12.1 Å². The Balaban J connectivity index is 3.28. The maximum atomic E-state index is 13.1. The number of hydrogen-bond acceptors (Lipinski definition) is 4. The minimum atomic E-state index is -4.86. The van der Waals surface area contributed by atoms with E-state index >= 15 is 0 Å². The van der Waals surface area contributed by atoms with E-state index in [4.69, 9.17) is 4.74 Å². The Hall–Kier alpha value is -2.38. The van der Waals surface area contributed by atoms with Crippen LogP contribution in [-0.2, 0) is 9.53 Å². The van der Waals surface area contributed by atoms with Crippen molar-refractivity contribution in [2.75, 3.05) is 0 Å². The molecule has 0 bridgehead atoms. The van der Waals surface area contributed by atoms with E-state index in [1.54, 1.807) is 0 Å². The lowest BCUT2D eigenvalue weighted by atomic mass is 10.0. The summed E-state index contributed by atoms with van der Waals surface area (Å²) in [5.74, 6) is -1.17. The summed E-state index contributed by atoms with van der Waals surface area (Å²) in [5.41, 5.74) is -3.23. The minimum Gasteiger partial charge on any atom is -0.457 e. The van der Waals surface area contributed by atoms with Gasteiger partial charge in [-0.05, 0) is 26.3 Å². The molecule has 1 aromatic rings. The van der Waals surface area contributed by atoms with Crippen molar-refractivity contribution in [3.8, 4) is 0 Å². The summed E-state index contributed by atoms with van der Waals surface area (Å²) in [7, 11) is 0. The van der Waals surface area contributed by atoms with Crippen LogP contribution in [0.4, 0.5) is 18.9 Å². The molecule has 1 aromatic carbocycles. The van der Waals surface area contributed by atoms with Crippen LogP contribution in [0.15, 0.2) is 30.3 Å². The molecule has 5 nitrogen and oxygen atoms in total. The molecule has 0 saturated heterocycles. The zero-order valence-electron chi connectivity index (χ0n) is 12.1. The maximum Gasteiger partial charge on any atom is 0.417 e. The van der Waals surface area contributed by atoms with Crippen molar-refractivity contribution in [2.24, 2.45) is 0 Å². The quantitative estimate of drug-likeness (QED) is 0.367. The van der Waals surface area contributed by atoms with Crippen LogP contribution in [-0.4, -0.2) is 22.7 Å². The van der Waals surface area contributed by atoms with Crippen LogP contribution < -0.4 is 0 Å².